The lowest BCUT2D eigenvalue weighted by Gasteiger charge is -2.13. The van der Waals surface area contributed by atoms with E-state index in [1.807, 2.05) is 0 Å². The molecule has 0 aromatic rings. The van der Waals surface area contributed by atoms with Crippen LogP contribution in [0, 0.1) is 0 Å². The van der Waals surface area contributed by atoms with E-state index in [-0.39, 0.29) is 0 Å². The molecule has 0 aromatic carbocycles. The smallest absolute Gasteiger partial charge is 0.134 e. The van der Waals surface area contributed by atoms with Gasteiger partial charge in [-0.15, -0.1) is 5.53 Å². The first kappa shape index (κ1) is 5.20. The maximum absolute atomic E-state index is 5.37. The number of nitrogens with zero attached hydrogens (tertiary/aromatic N) is 2. The maximum atomic E-state index is 5.37. The second kappa shape index (κ2) is 1.53. The monoisotopic (exact) mass is 115 g/mol. The average molecular weight is 115 g/mol. The summed E-state index contributed by atoms with van der Waals surface area (Å²) in [7, 11) is 1.78. The van der Waals surface area contributed by atoms with E-state index in [4.69, 9.17) is 11.6 Å². The summed E-state index contributed by atoms with van der Waals surface area (Å²) in [4.78, 5) is 0. The van der Waals surface area contributed by atoms with Crippen LogP contribution in [0.4, 0.5) is 0 Å². The summed E-state index contributed by atoms with van der Waals surface area (Å²) >= 11 is 0. The highest BCUT2D eigenvalue weighted by molar-refractivity contribution is 4.94. The van der Waals surface area contributed by atoms with E-state index in [1.54, 1.807) is 18.3 Å². The van der Waals surface area contributed by atoms with Crippen LogP contribution in [-0.4, -0.2) is 17.2 Å². The third kappa shape index (κ3) is 0.682. The van der Waals surface area contributed by atoms with Crippen LogP contribution in [-0.2, 0) is 0 Å². The fraction of sp³-hybridized carbons (Fsp3) is 0.333. The van der Waals surface area contributed by atoms with Crippen molar-refractivity contribution in [3.63, 3.8) is 0 Å². The van der Waals surface area contributed by atoms with Crippen molar-refractivity contribution in [1.82, 2.24) is 15.7 Å². The Kier molecular flexibility index (Phi) is 0.997. The number of nitrogens with one attached hydrogen (secondary N) is 1. The van der Waals surface area contributed by atoms with Crippen molar-refractivity contribution < 1.29 is 0 Å². The maximum Gasteiger partial charge on any atom is 0.134 e. The van der Waals surface area contributed by atoms with Crippen LogP contribution >= 0.6 is 0 Å². The lowest BCUT2D eigenvalue weighted by atomic mass is 10.7. The molecule has 46 valence electrons. The molecule has 0 aromatic heterocycles. The number of nitrogens with two attached hydrogens (primary N) is 2. The molecule has 0 fully saturated rings. The summed E-state index contributed by atoms with van der Waals surface area (Å²) in [6, 6.07) is 0. The van der Waals surface area contributed by atoms with Gasteiger partial charge in [-0.3, -0.25) is 5.01 Å². The summed E-state index contributed by atoms with van der Waals surface area (Å²) in [5.74, 6) is 5.84. The molecule has 0 spiro atoms. The average Bonchev–Trinajstić information content (AvgIpc) is 1.85. The molecule has 1 aliphatic rings. The molecule has 0 saturated carbocycles. The van der Waals surface area contributed by atoms with E-state index in [1.165, 1.54) is 5.12 Å². The highest BCUT2D eigenvalue weighted by Crippen LogP contribution is 1.95. The first-order valence-corrected chi connectivity index (χ1v) is 2.21. The zero-order valence-corrected chi connectivity index (χ0v) is 4.63. The van der Waals surface area contributed by atoms with Gasteiger partial charge in [0.2, 0.25) is 0 Å². The van der Waals surface area contributed by atoms with Gasteiger partial charge < -0.3 is 5.73 Å². The summed E-state index contributed by atoms with van der Waals surface area (Å²) in [6.45, 7) is 0. The molecule has 8 heavy (non-hydrogen) atoms. The van der Waals surface area contributed by atoms with Crippen molar-refractivity contribution in [2.24, 2.45) is 11.6 Å². The van der Waals surface area contributed by atoms with Crippen LogP contribution in [0.5, 0.6) is 0 Å². The zero-order valence-electron chi connectivity index (χ0n) is 4.63. The fourth-order valence-electron chi connectivity index (χ4n) is 0.489. The molecule has 0 saturated heterocycles. The third-order valence-electron chi connectivity index (χ3n) is 0.924. The van der Waals surface area contributed by atoms with E-state index in [9.17, 15) is 0 Å². The molecular weight excluding hydrogens is 106 g/mol. The topological polar surface area (TPSA) is 70.5 Å². The van der Waals surface area contributed by atoms with Crippen LogP contribution in [0.2, 0.25) is 0 Å². The van der Waals surface area contributed by atoms with Gasteiger partial charge in [-0.2, -0.15) is 0 Å². The Bertz CT molecular complexity index is 119. The van der Waals surface area contributed by atoms with E-state index in [0.717, 1.165) is 0 Å². The lowest BCUT2D eigenvalue weighted by molar-refractivity contribution is 0.156. The Hall–Kier alpha value is -0.940. The first-order valence-electron chi connectivity index (χ1n) is 2.21. The van der Waals surface area contributed by atoms with Gasteiger partial charge in [-0.05, 0) is 0 Å². The summed E-state index contributed by atoms with van der Waals surface area (Å²) in [5, 5.41) is 2.90. The summed E-state index contributed by atoms with van der Waals surface area (Å²) in [5.41, 5.74) is 8.06. The van der Waals surface area contributed by atoms with Gasteiger partial charge in [0, 0.05) is 7.05 Å². The van der Waals surface area contributed by atoms with Gasteiger partial charge >= 0.3 is 0 Å². The minimum Gasteiger partial charge on any atom is -0.383 e. The second-order valence-electron chi connectivity index (χ2n) is 1.62. The van der Waals surface area contributed by atoms with Crippen LogP contribution in [0.3, 0.4) is 0 Å². The van der Waals surface area contributed by atoms with Gasteiger partial charge in [0.1, 0.15) is 5.82 Å². The second-order valence-corrected chi connectivity index (χ2v) is 1.62. The molecular formula is C3H9N5. The lowest BCUT2D eigenvalue weighted by Crippen LogP contribution is -2.42. The number of rotatable bonds is 0. The SMILES string of the molecule is CN1NN(N)C=C1N. The quantitative estimate of drug-likeness (QED) is 0.328. The van der Waals surface area contributed by atoms with E-state index in [2.05, 4.69) is 5.53 Å². The van der Waals surface area contributed by atoms with Crippen molar-refractivity contribution in [1.29, 1.82) is 0 Å². The number of hydrogen-bond acceptors (Lipinski definition) is 5. The molecule has 0 radical (unpaired) electrons. The standard InChI is InChI=1S/C3H9N5/c1-7-3(4)2-8(5)6-7/h2,6H,4-5H2,1H3. The molecule has 1 rings (SSSR count). The number of hydrazine groups is 3. The van der Waals surface area contributed by atoms with Gasteiger partial charge in [0.25, 0.3) is 0 Å². The molecule has 0 unspecified atom stereocenters. The van der Waals surface area contributed by atoms with Crippen molar-refractivity contribution >= 4 is 0 Å². The summed E-state index contributed by atoms with van der Waals surface area (Å²) < 4.78 is 0. The van der Waals surface area contributed by atoms with Gasteiger partial charge in [-0.1, -0.05) is 0 Å². The zero-order chi connectivity index (χ0) is 6.15. The molecule has 5 nitrogen and oxygen atoms in total. The largest absolute Gasteiger partial charge is 0.383 e. The van der Waals surface area contributed by atoms with E-state index < -0.39 is 0 Å². The van der Waals surface area contributed by atoms with Crippen LogP contribution in [0.25, 0.3) is 0 Å². The minimum atomic E-state index is 0.604. The molecule has 0 aliphatic carbocycles. The molecule has 0 atom stereocenters. The van der Waals surface area contributed by atoms with Crippen molar-refractivity contribution in [2.45, 2.75) is 0 Å². The molecule has 0 bridgehead atoms. The fourth-order valence-corrected chi connectivity index (χ4v) is 0.489. The van der Waals surface area contributed by atoms with Crippen molar-refractivity contribution in [3.8, 4) is 0 Å². The Morgan fingerprint density at radius 1 is 1.75 bits per heavy atom. The van der Waals surface area contributed by atoms with Crippen LogP contribution in [0.1, 0.15) is 0 Å². The summed E-state index contributed by atoms with van der Waals surface area (Å²) in [6.07, 6.45) is 1.58. The van der Waals surface area contributed by atoms with E-state index >= 15 is 0 Å². The Balaban J connectivity index is 2.59. The minimum absolute atomic E-state index is 0.604. The Morgan fingerprint density at radius 3 is 2.50 bits per heavy atom. The Labute approximate surface area is 47.4 Å². The third-order valence-corrected chi connectivity index (χ3v) is 0.924. The first-order chi connectivity index (χ1) is 3.70. The molecule has 5 heteroatoms. The van der Waals surface area contributed by atoms with Crippen molar-refractivity contribution in [2.75, 3.05) is 7.05 Å². The molecule has 1 heterocycles. The van der Waals surface area contributed by atoms with Gasteiger partial charge in [0.05, 0.1) is 6.20 Å². The predicted molar refractivity (Wildman–Crippen MR) is 29.2 cm³/mol. The van der Waals surface area contributed by atoms with Gasteiger partial charge in [-0.25, -0.2) is 11.0 Å². The van der Waals surface area contributed by atoms with E-state index in [0.29, 0.717) is 5.82 Å². The molecule has 5 N–H and O–H groups in total. The van der Waals surface area contributed by atoms with Crippen LogP contribution in [0.15, 0.2) is 12.0 Å². The molecule has 0 amide bonds. The molecule has 1 aliphatic heterocycles. The highest BCUT2D eigenvalue weighted by Gasteiger charge is 2.08. The highest BCUT2D eigenvalue weighted by atomic mass is 15.9. The number of hydrogen-bond donors (Lipinski definition) is 3. The van der Waals surface area contributed by atoms with Crippen LogP contribution < -0.4 is 17.1 Å². The Morgan fingerprint density at radius 2 is 2.38 bits per heavy atom. The van der Waals surface area contributed by atoms with Crippen molar-refractivity contribution in [3.05, 3.63) is 12.0 Å². The predicted octanol–water partition coefficient (Wildman–Crippen LogP) is -1.72. The van der Waals surface area contributed by atoms with Gasteiger partial charge in [0.15, 0.2) is 0 Å². The normalized spacial score (nSPS) is 19.5.